The van der Waals surface area contributed by atoms with E-state index in [-0.39, 0.29) is 6.61 Å². The van der Waals surface area contributed by atoms with Crippen LogP contribution >= 0.6 is 0 Å². The van der Waals surface area contributed by atoms with Crippen LogP contribution in [-0.4, -0.2) is 60.3 Å². The lowest BCUT2D eigenvalue weighted by Crippen LogP contribution is -2.48. The van der Waals surface area contributed by atoms with Gasteiger partial charge in [-0.15, -0.1) is 0 Å². The SMILES string of the molecule is Cc1ccc(CN2CCN(CC(CO)N=O)CC2)cc1. The van der Waals surface area contributed by atoms with E-state index in [2.05, 4.69) is 46.2 Å². The first-order chi connectivity index (χ1) is 9.71. The lowest BCUT2D eigenvalue weighted by atomic mass is 10.1. The van der Waals surface area contributed by atoms with E-state index in [1.165, 1.54) is 11.1 Å². The Hall–Kier alpha value is -1.30. The molecule has 110 valence electrons. The van der Waals surface area contributed by atoms with Crippen molar-refractivity contribution in [3.63, 3.8) is 0 Å². The van der Waals surface area contributed by atoms with Gasteiger partial charge in [-0.2, -0.15) is 4.91 Å². The second-order valence-electron chi connectivity index (χ2n) is 5.50. The topological polar surface area (TPSA) is 56.1 Å². The Morgan fingerprint density at radius 3 is 2.30 bits per heavy atom. The number of hydrogen-bond donors (Lipinski definition) is 1. The molecule has 5 nitrogen and oxygen atoms in total. The highest BCUT2D eigenvalue weighted by Gasteiger charge is 2.20. The summed E-state index contributed by atoms with van der Waals surface area (Å²) in [5.41, 5.74) is 2.63. The van der Waals surface area contributed by atoms with E-state index in [0.717, 1.165) is 32.7 Å². The van der Waals surface area contributed by atoms with Crippen LogP contribution in [-0.2, 0) is 6.54 Å². The second kappa shape index (κ2) is 7.47. The summed E-state index contributed by atoms with van der Waals surface area (Å²) < 4.78 is 0. The van der Waals surface area contributed by atoms with Crippen LogP contribution in [0, 0.1) is 11.8 Å². The van der Waals surface area contributed by atoms with E-state index in [9.17, 15) is 4.91 Å². The number of hydrogen-bond acceptors (Lipinski definition) is 5. The lowest BCUT2D eigenvalue weighted by Gasteiger charge is -2.35. The minimum Gasteiger partial charge on any atom is -0.394 e. The largest absolute Gasteiger partial charge is 0.394 e. The summed E-state index contributed by atoms with van der Waals surface area (Å²) in [5.74, 6) is 0. The Morgan fingerprint density at radius 1 is 1.15 bits per heavy atom. The van der Waals surface area contributed by atoms with E-state index >= 15 is 0 Å². The third kappa shape index (κ3) is 4.37. The molecule has 0 bridgehead atoms. The number of aryl methyl sites for hydroxylation is 1. The van der Waals surface area contributed by atoms with Crippen molar-refractivity contribution in [2.24, 2.45) is 5.18 Å². The maximum atomic E-state index is 10.5. The molecule has 1 atom stereocenters. The predicted molar refractivity (Wildman–Crippen MR) is 79.6 cm³/mol. The van der Waals surface area contributed by atoms with Gasteiger partial charge in [0, 0.05) is 39.3 Å². The minimum absolute atomic E-state index is 0.160. The molecule has 2 rings (SSSR count). The zero-order chi connectivity index (χ0) is 14.4. The molecule has 0 aromatic heterocycles. The predicted octanol–water partition coefficient (Wildman–Crippen LogP) is 1.24. The highest BCUT2D eigenvalue weighted by Crippen LogP contribution is 2.10. The molecule has 0 saturated carbocycles. The Labute approximate surface area is 120 Å². The van der Waals surface area contributed by atoms with Crippen molar-refractivity contribution >= 4 is 0 Å². The molecule has 0 amide bonds. The maximum absolute atomic E-state index is 10.5. The van der Waals surface area contributed by atoms with Crippen LogP contribution in [0.1, 0.15) is 11.1 Å². The normalized spacial score (nSPS) is 18.9. The number of aliphatic hydroxyl groups is 1. The van der Waals surface area contributed by atoms with Crippen LogP contribution in [0.5, 0.6) is 0 Å². The number of rotatable bonds is 6. The molecule has 1 saturated heterocycles. The number of benzene rings is 1. The van der Waals surface area contributed by atoms with Gasteiger partial charge in [-0.25, -0.2) is 0 Å². The molecule has 5 heteroatoms. The van der Waals surface area contributed by atoms with E-state index < -0.39 is 6.04 Å². The van der Waals surface area contributed by atoms with Gasteiger partial charge in [0.2, 0.25) is 0 Å². The first-order valence-electron chi connectivity index (χ1n) is 7.15. The van der Waals surface area contributed by atoms with Crippen LogP contribution in [0.3, 0.4) is 0 Å². The molecule has 0 radical (unpaired) electrons. The van der Waals surface area contributed by atoms with Crippen LogP contribution < -0.4 is 0 Å². The van der Waals surface area contributed by atoms with Gasteiger partial charge in [0.05, 0.1) is 6.61 Å². The molecular formula is C15H23N3O2. The maximum Gasteiger partial charge on any atom is 0.127 e. The Bertz CT molecular complexity index is 414. The Morgan fingerprint density at radius 2 is 1.75 bits per heavy atom. The van der Waals surface area contributed by atoms with Crippen molar-refractivity contribution in [1.82, 2.24) is 9.80 Å². The summed E-state index contributed by atoms with van der Waals surface area (Å²) in [6.45, 7) is 7.32. The van der Waals surface area contributed by atoms with Crippen molar-refractivity contribution in [2.75, 3.05) is 39.3 Å². The van der Waals surface area contributed by atoms with E-state index in [1.54, 1.807) is 0 Å². The zero-order valence-electron chi connectivity index (χ0n) is 12.0. The van der Waals surface area contributed by atoms with Crippen LogP contribution in [0.4, 0.5) is 0 Å². The highest BCUT2D eigenvalue weighted by molar-refractivity contribution is 5.21. The zero-order valence-corrected chi connectivity index (χ0v) is 12.0. The van der Waals surface area contributed by atoms with Gasteiger partial charge < -0.3 is 5.11 Å². The van der Waals surface area contributed by atoms with Crippen molar-refractivity contribution in [3.05, 3.63) is 40.3 Å². The van der Waals surface area contributed by atoms with Gasteiger partial charge >= 0.3 is 0 Å². The smallest absolute Gasteiger partial charge is 0.127 e. The highest BCUT2D eigenvalue weighted by atomic mass is 16.3. The third-order valence-corrected chi connectivity index (χ3v) is 3.82. The molecule has 1 aromatic rings. The first-order valence-corrected chi connectivity index (χ1v) is 7.15. The summed E-state index contributed by atoms with van der Waals surface area (Å²) in [6.07, 6.45) is 0. The molecular weight excluding hydrogens is 254 g/mol. The number of piperazine rings is 1. The number of nitroso groups, excluding NO2 is 1. The fraction of sp³-hybridized carbons (Fsp3) is 0.600. The van der Waals surface area contributed by atoms with Crippen LogP contribution in [0.2, 0.25) is 0 Å². The van der Waals surface area contributed by atoms with Crippen molar-refractivity contribution in [1.29, 1.82) is 0 Å². The fourth-order valence-electron chi connectivity index (χ4n) is 2.50. The minimum atomic E-state index is -0.487. The van der Waals surface area contributed by atoms with E-state index in [1.807, 2.05) is 0 Å². The van der Waals surface area contributed by atoms with E-state index in [4.69, 9.17) is 5.11 Å². The summed E-state index contributed by atoms with van der Waals surface area (Å²) in [7, 11) is 0. The monoisotopic (exact) mass is 277 g/mol. The molecule has 1 N–H and O–H groups in total. The molecule has 1 aliphatic heterocycles. The Balaban J connectivity index is 1.76. The van der Waals surface area contributed by atoms with Crippen molar-refractivity contribution < 1.29 is 5.11 Å². The molecule has 1 fully saturated rings. The van der Waals surface area contributed by atoms with Gasteiger partial charge in [-0.05, 0) is 12.5 Å². The second-order valence-corrected chi connectivity index (χ2v) is 5.50. The number of aliphatic hydroxyl groups excluding tert-OH is 1. The summed E-state index contributed by atoms with van der Waals surface area (Å²) in [5, 5.41) is 11.9. The molecule has 0 aliphatic carbocycles. The van der Waals surface area contributed by atoms with Gasteiger partial charge in [-0.3, -0.25) is 9.80 Å². The first kappa shape index (κ1) is 15.1. The molecule has 1 heterocycles. The number of nitrogens with zero attached hydrogens (tertiary/aromatic N) is 3. The van der Waals surface area contributed by atoms with E-state index in [0.29, 0.717) is 6.54 Å². The van der Waals surface area contributed by atoms with Gasteiger partial charge in [0.1, 0.15) is 6.04 Å². The van der Waals surface area contributed by atoms with Gasteiger partial charge in [0.15, 0.2) is 0 Å². The average Bonchev–Trinajstić information content (AvgIpc) is 2.49. The van der Waals surface area contributed by atoms with Crippen LogP contribution in [0.15, 0.2) is 29.4 Å². The van der Waals surface area contributed by atoms with Crippen molar-refractivity contribution in [3.8, 4) is 0 Å². The Kier molecular flexibility index (Phi) is 5.64. The standard InChI is InChI=1S/C15H23N3O2/c1-13-2-4-14(5-3-13)10-17-6-8-18(9-7-17)11-15(12-19)16-20/h2-5,15,19H,6-12H2,1H3. The van der Waals surface area contributed by atoms with Gasteiger partial charge in [-0.1, -0.05) is 35.0 Å². The molecule has 1 aromatic carbocycles. The quantitative estimate of drug-likeness (QED) is 0.795. The molecule has 1 aliphatic rings. The lowest BCUT2D eigenvalue weighted by molar-refractivity contribution is 0.113. The summed E-state index contributed by atoms with van der Waals surface area (Å²) in [6, 6.07) is 8.17. The molecule has 0 spiro atoms. The molecule has 1 unspecified atom stereocenters. The van der Waals surface area contributed by atoms with Crippen LogP contribution in [0.25, 0.3) is 0 Å². The van der Waals surface area contributed by atoms with Crippen molar-refractivity contribution in [2.45, 2.75) is 19.5 Å². The summed E-state index contributed by atoms with van der Waals surface area (Å²) in [4.78, 5) is 15.1. The van der Waals surface area contributed by atoms with Gasteiger partial charge in [0.25, 0.3) is 0 Å². The third-order valence-electron chi connectivity index (χ3n) is 3.82. The summed E-state index contributed by atoms with van der Waals surface area (Å²) >= 11 is 0. The molecule has 20 heavy (non-hydrogen) atoms. The average molecular weight is 277 g/mol. The fourth-order valence-corrected chi connectivity index (χ4v) is 2.50.